The molecule has 0 bridgehead atoms. The standard InChI is InChI=1S/C14H11F2NO4/c1-14(5-19)6-21-13-10(16)9(15)2-8-11(13)17(14)3-7(4-18)12(8)20/h2-4,19H,5-6H2,1H3. The third-order valence-electron chi connectivity index (χ3n) is 3.74. The van der Waals surface area contributed by atoms with Gasteiger partial charge in [0.1, 0.15) is 6.61 Å². The Bertz CT molecular complexity index is 830. The predicted octanol–water partition coefficient (Wildman–Crippen LogP) is 1.19. The molecule has 1 aliphatic rings. The zero-order valence-corrected chi connectivity index (χ0v) is 11.0. The van der Waals surface area contributed by atoms with Gasteiger partial charge >= 0.3 is 0 Å². The van der Waals surface area contributed by atoms with E-state index in [2.05, 4.69) is 0 Å². The first-order valence-electron chi connectivity index (χ1n) is 6.19. The number of hydrogen-bond acceptors (Lipinski definition) is 4. The lowest BCUT2D eigenvalue weighted by atomic mass is 9.99. The fourth-order valence-corrected chi connectivity index (χ4v) is 2.48. The molecule has 1 aromatic carbocycles. The second kappa shape index (κ2) is 4.36. The summed E-state index contributed by atoms with van der Waals surface area (Å²) in [5.74, 6) is -2.81. The lowest BCUT2D eigenvalue weighted by Gasteiger charge is -2.36. The fourth-order valence-electron chi connectivity index (χ4n) is 2.48. The number of aliphatic hydroxyl groups is 1. The number of rotatable bonds is 2. The van der Waals surface area contributed by atoms with Crippen molar-refractivity contribution in [2.45, 2.75) is 12.5 Å². The highest BCUT2D eigenvalue weighted by Gasteiger charge is 2.36. The number of pyridine rings is 1. The minimum Gasteiger partial charge on any atom is -0.486 e. The third-order valence-corrected chi connectivity index (χ3v) is 3.74. The van der Waals surface area contributed by atoms with E-state index in [1.165, 1.54) is 10.8 Å². The van der Waals surface area contributed by atoms with Crippen molar-refractivity contribution in [2.24, 2.45) is 0 Å². The summed E-state index contributed by atoms with van der Waals surface area (Å²) in [7, 11) is 0. The van der Waals surface area contributed by atoms with Crippen LogP contribution < -0.4 is 10.2 Å². The lowest BCUT2D eigenvalue weighted by molar-refractivity contribution is 0.0785. The fraction of sp³-hybridized carbons (Fsp3) is 0.286. The van der Waals surface area contributed by atoms with Crippen LogP contribution in [0.4, 0.5) is 8.78 Å². The summed E-state index contributed by atoms with van der Waals surface area (Å²) in [6.45, 7) is 1.14. The Morgan fingerprint density at radius 2 is 2.24 bits per heavy atom. The number of benzene rings is 1. The molecule has 0 saturated heterocycles. The summed E-state index contributed by atoms with van der Waals surface area (Å²) >= 11 is 0. The van der Waals surface area contributed by atoms with Gasteiger partial charge in [0.2, 0.25) is 5.82 Å². The van der Waals surface area contributed by atoms with Gasteiger partial charge in [-0.25, -0.2) is 4.39 Å². The average Bonchev–Trinajstić information content (AvgIpc) is 2.48. The molecule has 2 aromatic rings. The van der Waals surface area contributed by atoms with E-state index in [4.69, 9.17) is 4.74 Å². The maximum absolute atomic E-state index is 13.9. The van der Waals surface area contributed by atoms with Gasteiger partial charge in [-0.15, -0.1) is 0 Å². The van der Waals surface area contributed by atoms with Crippen molar-refractivity contribution in [1.82, 2.24) is 4.57 Å². The molecular formula is C14H11F2NO4. The quantitative estimate of drug-likeness (QED) is 0.845. The molecule has 0 radical (unpaired) electrons. The number of carbonyl (C=O) groups excluding carboxylic acids is 1. The van der Waals surface area contributed by atoms with Crippen molar-refractivity contribution >= 4 is 17.2 Å². The van der Waals surface area contributed by atoms with Crippen molar-refractivity contribution in [1.29, 1.82) is 0 Å². The Balaban J connectivity index is 2.58. The molecule has 110 valence electrons. The third kappa shape index (κ3) is 1.70. The zero-order valence-electron chi connectivity index (χ0n) is 11.0. The zero-order chi connectivity index (χ0) is 15.4. The summed E-state index contributed by atoms with van der Waals surface area (Å²) in [6.07, 6.45) is 1.58. The Kier molecular flexibility index (Phi) is 2.84. The Hall–Kier alpha value is -2.28. The van der Waals surface area contributed by atoms with E-state index in [0.717, 1.165) is 6.07 Å². The van der Waals surface area contributed by atoms with Crippen molar-refractivity contribution in [3.63, 3.8) is 0 Å². The number of nitrogens with zero attached hydrogens (tertiary/aromatic N) is 1. The number of halogens is 2. The number of hydrogen-bond donors (Lipinski definition) is 1. The largest absolute Gasteiger partial charge is 0.486 e. The molecule has 0 aliphatic carbocycles. The van der Waals surface area contributed by atoms with Crippen LogP contribution in [-0.2, 0) is 5.54 Å². The summed E-state index contributed by atoms with van der Waals surface area (Å²) in [5, 5.41) is 9.39. The van der Waals surface area contributed by atoms with Gasteiger partial charge in [-0.2, -0.15) is 4.39 Å². The highest BCUT2D eigenvalue weighted by Crippen LogP contribution is 2.37. The van der Waals surface area contributed by atoms with E-state index in [-0.39, 0.29) is 35.4 Å². The molecule has 0 amide bonds. The van der Waals surface area contributed by atoms with E-state index >= 15 is 0 Å². The van der Waals surface area contributed by atoms with Crippen LogP contribution in [0.1, 0.15) is 17.3 Å². The number of aliphatic hydroxyl groups excluding tert-OH is 1. The van der Waals surface area contributed by atoms with E-state index in [1.807, 2.05) is 0 Å². The Labute approximate surface area is 117 Å². The van der Waals surface area contributed by atoms with Gasteiger partial charge in [-0.3, -0.25) is 9.59 Å². The molecule has 2 heterocycles. The van der Waals surface area contributed by atoms with Gasteiger partial charge in [-0.1, -0.05) is 0 Å². The molecular weight excluding hydrogens is 284 g/mol. The molecule has 1 aromatic heterocycles. The maximum atomic E-state index is 13.9. The minimum atomic E-state index is -1.23. The SMILES string of the molecule is CC1(CO)COc2c(F)c(F)cc3c(=O)c(C=O)cn1c23. The summed E-state index contributed by atoms with van der Waals surface area (Å²) in [6, 6.07) is 0.743. The van der Waals surface area contributed by atoms with Crippen molar-refractivity contribution in [3.05, 3.63) is 39.7 Å². The summed E-state index contributed by atoms with van der Waals surface area (Å²) in [5.41, 5.74) is -1.85. The van der Waals surface area contributed by atoms with Crippen molar-refractivity contribution in [3.8, 4) is 5.75 Å². The molecule has 5 nitrogen and oxygen atoms in total. The first kappa shape index (κ1) is 13.7. The van der Waals surface area contributed by atoms with Crippen LogP contribution in [0.2, 0.25) is 0 Å². The number of aldehydes is 1. The van der Waals surface area contributed by atoms with Gasteiger partial charge in [0.05, 0.1) is 28.6 Å². The van der Waals surface area contributed by atoms with Crippen molar-refractivity contribution in [2.75, 3.05) is 13.2 Å². The smallest absolute Gasteiger partial charge is 0.202 e. The predicted molar refractivity (Wildman–Crippen MR) is 69.7 cm³/mol. The van der Waals surface area contributed by atoms with Crippen LogP contribution in [0.3, 0.4) is 0 Å². The van der Waals surface area contributed by atoms with Crippen LogP contribution in [0.15, 0.2) is 17.1 Å². The van der Waals surface area contributed by atoms with Gasteiger partial charge in [0, 0.05) is 6.20 Å². The molecule has 7 heteroatoms. The maximum Gasteiger partial charge on any atom is 0.202 e. The second-order valence-electron chi connectivity index (χ2n) is 5.24. The van der Waals surface area contributed by atoms with Gasteiger partial charge in [-0.05, 0) is 13.0 Å². The topological polar surface area (TPSA) is 68.5 Å². The monoisotopic (exact) mass is 295 g/mol. The lowest BCUT2D eigenvalue weighted by Crippen LogP contribution is -2.44. The highest BCUT2D eigenvalue weighted by atomic mass is 19.2. The Morgan fingerprint density at radius 1 is 1.52 bits per heavy atom. The van der Waals surface area contributed by atoms with Crippen LogP contribution >= 0.6 is 0 Å². The number of ether oxygens (including phenoxy) is 1. The molecule has 1 atom stereocenters. The van der Waals surface area contributed by atoms with Gasteiger partial charge in [0.25, 0.3) is 0 Å². The second-order valence-corrected chi connectivity index (χ2v) is 5.24. The minimum absolute atomic E-state index is 0.0345. The first-order chi connectivity index (χ1) is 9.92. The number of aromatic nitrogens is 1. The van der Waals surface area contributed by atoms with Crippen LogP contribution in [0.5, 0.6) is 5.75 Å². The highest BCUT2D eigenvalue weighted by molar-refractivity contribution is 5.90. The molecule has 21 heavy (non-hydrogen) atoms. The average molecular weight is 295 g/mol. The summed E-state index contributed by atoms with van der Waals surface area (Å²) < 4.78 is 34.1. The van der Waals surface area contributed by atoms with E-state index in [9.17, 15) is 23.5 Å². The van der Waals surface area contributed by atoms with E-state index in [1.54, 1.807) is 6.92 Å². The number of carbonyl (C=O) groups is 1. The normalized spacial score (nSPS) is 20.4. The Morgan fingerprint density at radius 3 is 2.86 bits per heavy atom. The first-order valence-corrected chi connectivity index (χ1v) is 6.19. The van der Waals surface area contributed by atoms with Crippen LogP contribution in [0.25, 0.3) is 10.9 Å². The van der Waals surface area contributed by atoms with Gasteiger partial charge < -0.3 is 14.4 Å². The molecule has 1 aliphatic heterocycles. The summed E-state index contributed by atoms with van der Waals surface area (Å²) in [4.78, 5) is 23.1. The molecule has 0 fully saturated rings. The molecule has 3 rings (SSSR count). The van der Waals surface area contributed by atoms with Crippen LogP contribution in [-0.4, -0.2) is 29.2 Å². The van der Waals surface area contributed by atoms with Crippen molar-refractivity contribution < 1.29 is 23.4 Å². The molecule has 1 unspecified atom stereocenters. The van der Waals surface area contributed by atoms with Gasteiger partial charge in [0.15, 0.2) is 23.3 Å². The molecule has 0 spiro atoms. The van der Waals surface area contributed by atoms with E-state index in [0.29, 0.717) is 6.29 Å². The van der Waals surface area contributed by atoms with E-state index < -0.39 is 22.6 Å². The molecule has 1 N–H and O–H groups in total. The molecule has 0 saturated carbocycles. The van der Waals surface area contributed by atoms with Crippen LogP contribution in [0, 0.1) is 11.6 Å².